The van der Waals surface area contributed by atoms with E-state index in [9.17, 15) is 4.79 Å². The number of nitrogens with one attached hydrogen (secondary N) is 3. The Bertz CT molecular complexity index is 730. The summed E-state index contributed by atoms with van der Waals surface area (Å²) >= 11 is 5.17. The lowest BCUT2D eigenvalue weighted by atomic mass is 10.1. The fourth-order valence-corrected chi connectivity index (χ4v) is 2.15. The standard InChI is InChI=1S/C18H21N3O2S/c1-12-7-9-15(10-8-12)23-11-17(22)20-21-18(24)19-16-6-4-5-13(2)14(16)3/h4-10H,11H2,1-3H3,(H,20,22)(H2,19,21,24). The summed E-state index contributed by atoms with van der Waals surface area (Å²) in [5, 5.41) is 3.36. The predicted octanol–water partition coefficient (Wildman–Crippen LogP) is 3.01. The molecule has 2 aromatic carbocycles. The zero-order valence-electron chi connectivity index (χ0n) is 14.0. The molecule has 2 rings (SSSR count). The van der Waals surface area contributed by atoms with E-state index >= 15 is 0 Å². The summed E-state index contributed by atoms with van der Waals surface area (Å²) in [7, 11) is 0. The van der Waals surface area contributed by atoms with Crippen molar-refractivity contribution in [1.82, 2.24) is 10.9 Å². The lowest BCUT2D eigenvalue weighted by molar-refractivity contribution is -0.123. The number of thiocarbonyl (C=S) groups is 1. The highest BCUT2D eigenvalue weighted by molar-refractivity contribution is 7.80. The number of hydrogen-bond acceptors (Lipinski definition) is 3. The number of anilines is 1. The highest BCUT2D eigenvalue weighted by Crippen LogP contribution is 2.17. The highest BCUT2D eigenvalue weighted by Gasteiger charge is 2.05. The van der Waals surface area contributed by atoms with E-state index in [0.717, 1.165) is 16.8 Å². The van der Waals surface area contributed by atoms with Gasteiger partial charge in [0, 0.05) is 5.69 Å². The summed E-state index contributed by atoms with van der Waals surface area (Å²) in [6, 6.07) is 13.4. The van der Waals surface area contributed by atoms with Crippen molar-refractivity contribution in [2.45, 2.75) is 20.8 Å². The Morgan fingerprint density at radius 1 is 1.04 bits per heavy atom. The zero-order chi connectivity index (χ0) is 17.5. The van der Waals surface area contributed by atoms with Crippen LogP contribution in [0.15, 0.2) is 42.5 Å². The van der Waals surface area contributed by atoms with Gasteiger partial charge in [0.15, 0.2) is 11.7 Å². The van der Waals surface area contributed by atoms with Gasteiger partial charge in [-0.2, -0.15) is 0 Å². The molecule has 2 aromatic rings. The molecule has 0 aromatic heterocycles. The van der Waals surface area contributed by atoms with Crippen molar-refractivity contribution >= 4 is 28.9 Å². The predicted molar refractivity (Wildman–Crippen MR) is 100 cm³/mol. The Kier molecular flexibility index (Phi) is 6.14. The van der Waals surface area contributed by atoms with Crippen LogP contribution >= 0.6 is 12.2 Å². The summed E-state index contributed by atoms with van der Waals surface area (Å²) in [4.78, 5) is 11.8. The van der Waals surface area contributed by atoms with E-state index in [1.165, 1.54) is 5.56 Å². The summed E-state index contributed by atoms with van der Waals surface area (Å²) < 4.78 is 5.39. The Balaban J connectivity index is 1.75. The van der Waals surface area contributed by atoms with E-state index in [4.69, 9.17) is 17.0 Å². The molecule has 1 amide bonds. The van der Waals surface area contributed by atoms with Gasteiger partial charge in [-0.15, -0.1) is 0 Å². The molecule has 0 saturated heterocycles. The first kappa shape index (κ1) is 17.7. The average Bonchev–Trinajstić information content (AvgIpc) is 2.56. The minimum absolute atomic E-state index is 0.0951. The Hall–Kier alpha value is -2.60. The van der Waals surface area contributed by atoms with Crippen molar-refractivity contribution in [3.63, 3.8) is 0 Å². The minimum atomic E-state index is -0.319. The Morgan fingerprint density at radius 3 is 2.46 bits per heavy atom. The van der Waals surface area contributed by atoms with Crippen molar-refractivity contribution in [1.29, 1.82) is 0 Å². The fourth-order valence-electron chi connectivity index (χ4n) is 1.99. The third-order valence-electron chi connectivity index (χ3n) is 3.56. The lowest BCUT2D eigenvalue weighted by Gasteiger charge is -2.14. The first-order chi connectivity index (χ1) is 11.5. The van der Waals surface area contributed by atoms with Crippen molar-refractivity contribution in [2.75, 3.05) is 11.9 Å². The smallest absolute Gasteiger partial charge is 0.276 e. The Morgan fingerprint density at radius 2 is 1.75 bits per heavy atom. The number of hydrazine groups is 1. The van der Waals surface area contributed by atoms with Crippen molar-refractivity contribution in [2.24, 2.45) is 0 Å². The van der Waals surface area contributed by atoms with E-state index in [2.05, 4.69) is 16.2 Å². The largest absolute Gasteiger partial charge is 0.484 e. The highest BCUT2D eigenvalue weighted by atomic mass is 32.1. The second kappa shape index (κ2) is 8.31. The van der Waals surface area contributed by atoms with Gasteiger partial charge in [-0.3, -0.25) is 15.6 Å². The number of amides is 1. The molecule has 0 aliphatic rings. The first-order valence-electron chi connectivity index (χ1n) is 7.57. The third-order valence-corrected chi connectivity index (χ3v) is 3.76. The molecule has 24 heavy (non-hydrogen) atoms. The summed E-state index contributed by atoms with van der Waals surface area (Å²) in [6.45, 7) is 5.93. The molecule has 0 heterocycles. The van der Waals surface area contributed by atoms with E-state index in [1.54, 1.807) is 0 Å². The average molecular weight is 343 g/mol. The lowest BCUT2D eigenvalue weighted by Crippen LogP contribution is -2.45. The van der Waals surface area contributed by atoms with E-state index in [0.29, 0.717) is 10.9 Å². The van der Waals surface area contributed by atoms with Crippen LogP contribution in [-0.2, 0) is 4.79 Å². The van der Waals surface area contributed by atoms with Gasteiger partial charge in [0.25, 0.3) is 5.91 Å². The molecule has 0 atom stereocenters. The second-order valence-corrected chi connectivity index (χ2v) is 5.88. The molecule has 6 heteroatoms. The maximum atomic E-state index is 11.8. The quantitative estimate of drug-likeness (QED) is 0.588. The molecule has 5 nitrogen and oxygen atoms in total. The van der Waals surface area contributed by atoms with Crippen LogP contribution in [0.5, 0.6) is 5.75 Å². The van der Waals surface area contributed by atoms with Gasteiger partial charge in [0.1, 0.15) is 5.75 Å². The van der Waals surface area contributed by atoms with Crippen LogP contribution in [0.1, 0.15) is 16.7 Å². The van der Waals surface area contributed by atoms with Crippen molar-refractivity contribution in [3.05, 3.63) is 59.2 Å². The van der Waals surface area contributed by atoms with Gasteiger partial charge in [-0.25, -0.2) is 0 Å². The molecule has 0 aliphatic carbocycles. The zero-order valence-corrected chi connectivity index (χ0v) is 14.8. The van der Waals surface area contributed by atoms with Crippen molar-refractivity contribution < 1.29 is 9.53 Å². The minimum Gasteiger partial charge on any atom is -0.484 e. The summed E-state index contributed by atoms with van der Waals surface area (Å²) in [5.41, 5.74) is 9.47. The molecule has 0 spiro atoms. The van der Waals surface area contributed by atoms with Gasteiger partial charge < -0.3 is 10.1 Å². The topological polar surface area (TPSA) is 62.4 Å². The first-order valence-corrected chi connectivity index (χ1v) is 7.98. The van der Waals surface area contributed by atoms with Gasteiger partial charge >= 0.3 is 0 Å². The monoisotopic (exact) mass is 343 g/mol. The molecular weight excluding hydrogens is 322 g/mol. The van der Waals surface area contributed by atoms with E-state index in [-0.39, 0.29) is 12.5 Å². The van der Waals surface area contributed by atoms with E-state index < -0.39 is 0 Å². The molecule has 0 aliphatic heterocycles. The molecule has 0 unspecified atom stereocenters. The van der Waals surface area contributed by atoms with Gasteiger partial charge in [0.05, 0.1) is 0 Å². The van der Waals surface area contributed by atoms with Crippen LogP contribution in [0.4, 0.5) is 5.69 Å². The van der Waals surface area contributed by atoms with Crippen LogP contribution in [0, 0.1) is 20.8 Å². The molecule has 0 saturated carbocycles. The van der Waals surface area contributed by atoms with Crippen LogP contribution in [0.3, 0.4) is 0 Å². The van der Waals surface area contributed by atoms with Gasteiger partial charge in [0.2, 0.25) is 0 Å². The van der Waals surface area contributed by atoms with Crippen molar-refractivity contribution in [3.8, 4) is 5.75 Å². The van der Waals surface area contributed by atoms with E-state index in [1.807, 2.05) is 63.2 Å². The molecule has 0 radical (unpaired) electrons. The van der Waals surface area contributed by atoms with Crippen LogP contribution in [0.2, 0.25) is 0 Å². The molecule has 126 valence electrons. The van der Waals surface area contributed by atoms with Gasteiger partial charge in [-0.1, -0.05) is 29.8 Å². The summed E-state index contributed by atoms with van der Waals surface area (Å²) in [5.74, 6) is 0.326. The SMILES string of the molecule is Cc1ccc(OCC(=O)NNC(=S)Nc2cccc(C)c2C)cc1. The molecule has 0 fully saturated rings. The molecule has 3 N–H and O–H groups in total. The number of aryl methyl sites for hydroxylation is 2. The number of hydrogen-bond donors (Lipinski definition) is 3. The van der Waals surface area contributed by atoms with Crippen LogP contribution < -0.4 is 20.9 Å². The molecule has 0 bridgehead atoms. The molecular formula is C18H21N3O2S. The number of carbonyl (C=O) groups is 1. The number of rotatable bonds is 4. The second-order valence-electron chi connectivity index (χ2n) is 5.48. The fraction of sp³-hybridized carbons (Fsp3) is 0.222. The normalized spacial score (nSPS) is 9.96. The van der Waals surface area contributed by atoms with Crippen LogP contribution in [-0.4, -0.2) is 17.6 Å². The Labute approximate surface area is 147 Å². The maximum Gasteiger partial charge on any atom is 0.276 e. The van der Waals surface area contributed by atoms with Crippen LogP contribution in [0.25, 0.3) is 0 Å². The third kappa shape index (κ3) is 5.24. The number of benzene rings is 2. The number of ether oxygens (including phenoxy) is 1. The maximum absolute atomic E-state index is 11.8. The number of carbonyl (C=O) groups excluding carboxylic acids is 1. The van der Waals surface area contributed by atoms with Gasteiger partial charge in [-0.05, 0) is 62.3 Å². The summed E-state index contributed by atoms with van der Waals surface area (Å²) in [6.07, 6.45) is 0.